The van der Waals surface area contributed by atoms with Crippen molar-refractivity contribution in [3.63, 3.8) is 0 Å². The summed E-state index contributed by atoms with van der Waals surface area (Å²) in [5, 5.41) is 2.87. The van der Waals surface area contributed by atoms with Crippen LogP contribution in [-0.2, 0) is 11.2 Å². The number of hydrogen-bond acceptors (Lipinski definition) is 2. The van der Waals surface area contributed by atoms with Gasteiger partial charge in [0.15, 0.2) is 0 Å². The number of nitrogens with two attached hydrogens (primary N) is 1. The number of benzene rings is 2. The van der Waals surface area contributed by atoms with E-state index >= 15 is 0 Å². The van der Waals surface area contributed by atoms with E-state index in [1.807, 2.05) is 36.4 Å². The summed E-state index contributed by atoms with van der Waals surface area (Å²) < 4.78 is 1.66. The molecular weight excluding hydrogens is 372 g/mol. The number of hydrogen-bond donors (Lipinski definition) is 2. The van der Waals surface area contributed by atoms with Gasteiger partial charge >= 0.3 is 0 Å². The lowest BCUT2D eigenvalue weighted by Crippen LogP contribution is -2.16. The highest BCUT2D eigenvalue weighted by atomic mass is 79.9. The smallest absolute Gasteiger partial charge is 0.228 e. The van der Waals surface area contributed by atoms with Gasteiger partial charge in [-0.15, -0.1) is 0 Å². The summed E-state index contributed by atoms with van der Waals surface area (Å²) in [5.41, 5.74) is 8.00. The second kappa shape index (κ2) is 6.21. The first-order valence-electron chi connectivity index (χ1n) is 5.65. The van der Waals surface area contributed by atoms with E-state index in [1.165, 1.54) is 0 Å². The fourth-order valence-electron chi connectivity index (χ4n) is 1.67. The van der Waals surface area contributed by atoms with Crippen molar-refractivity contribution in [3.8, 4) is 0 Å². The first-order chi connectivity index (χ1) is 9.08. The number of para-hydroxylation sites is 2. The summed E-state index contributed by atoms with van der Waals surface area (Å²) in [7, 11) is 0. The Balaban J connectivity index is 2.12. The molecule has 0 saturated heterocycles. The fourth-order valence-corrected chi connectivity index (χ4v) is 2.87. The van der Waals surface area contributed by atoms with E-state index in [9.17, 15) is 4.79 Å². The molecule has 0 spiro atoms. The summed E-state index contributed by atoms with van der Waals surface area (Å²) >= 11 is 6.81. The van der Waals surface area contributed by atoms with Crippen LogP contribution < -0.4 is 11.1 Å². The Morgan fingerprint density at radius 1 is 1.05 bits per heavy atom. The van der Waals surface area contributed by atoms with E-state index in [0.29, 0.717) is 5.69 Å². The van der Waals surface area contributed by atoms with Crippen LogP contribution in [0.5, 0.6) is 0 Å². The minimum atomic E-state index is -0.106. The van der Waals surface area contributed by atoms with Gasteiger partial charge in [-0.2, -0.15) is 0 Å². The normalized spacial score (nSPS) is 10.2. The Bertz CT molecular complexity index is 594. The summed E-state index contributed by atoms with van der Waals surface area (Å²) in [6.45, 7) is 0. The van der Waals surface area contributed by atoms with Crippen LogP contribution in [0.1, 0.15) is 5.56 Å². The summed E-state index contributed by atoms with van der Waals surface area (Å²) in [6.07, 6.45) is 0.250. The maximum absolute atomic E-state index is 12.0. The van der Waals surface area contributed by atoms with E-state index in [0.717, 1.165) is 20.2 Å². The molecule has 2 aromatic carbocycles. The standard InChI is InChI=1S/C14H12Br2N2O/c15-10-5-3-6-11(16)14(10)18-13(19)8-9-4-1-2-7-12(9)17/h1-7H,8,17H2,(H,18,19). The summed E-state index contributed by atoms with van der Waals surface area (Å²) in [6, 6.07) is 13.0. The number of rotatable bonds is 3. The van der Waals surface area contributed by atoms with Crippen LogP contribution in [0, 0.1) is 0 Å². The highest BCUT2D eigenvalue weighted by molar-refractivity contribution is 9.11. The van der Waals surface area contributed by atoms with Gasteiger partial charge in [0, 0.05) is 14.6 Å². The molecule has 0 fully saturated rings. The Labute approximate surface area is 128 Å². The van der Waals surface area contributed by atoms with Gasteiger partial charge in [0.1, 0.15) is 0 Å². The summed E-state index contributed by atoms with van der Waals surface area (Å²) in [5.74, 6) is -0.106. The van der Waals surface area contributed by atoms with Crippen LogP contribution in [0.15, 0.2) is 51.4 Å². The molecule has 0 atom stereocenters. The van der Waals surface area contributed by atoms with E-state index in [4.69, 9.17) is 5.73 Å². The number of carbonyl (C=O) groups is 1. The topological polar surface area (TPSA) is 55.1 Å². The zero-order valence-corrected chi connectivity index (χ0v) is 13.2. The van der Waals surface area contributed by atoms with Gasteiger partial charge in [-0.25, -0.2) is 0 Å². The molecular formula is C14H12Br2N2O. The number of anilines is 2. The maximum atomic E-state index is 12.0. The second-order valence-corrected chi connectivity index (χ2v) is 5.73. The minimum absolute atomic E-state index is 0.106. The molecule has 0 unspecified atom stereocenters. The molecule has 2 rings (SSSR count). The summed E-state index contributed by atoms with van der Waals surface area (Å²) in [4.78, 5) is 12.0. The predicted octanol–water partition coefficient (Wildman–Crippen LogP) is 3.98. The lowest BCUT2D eigenvalue weighted by Gasteiger charge is -2.10. The van der Waals surface area contributed by atoms with Gasteiger partial charge in [-0.1, -0.05) is 24.3 Å². The third-order valence-corrected chi connectivity index (χ3v) is 3.95. The van der Waals surface area contributed by atoms with Crippen molar-refractivity contribution in [1.29, 1.82) is 0 Å². The third-order valence-electron chi connectivity index (χ3n) is 2.63. The molecule has 0 aliphatic heterocycles. The SMILES string of the molecule is Nc1ccccc1CC(=O)Nc1c(Br)cccc1Br. The Kier molecular flexibility index (Phi) is 4.61. The number of nitrogen functional groups attached to an aromatic ring is 1. The van der Waals surface area contributed by atoms with Crippen molar-refractivity contribution >= 4 is 49.1 Å². The maximum Gasteiger partial charge on any atom is 0.228 e. The highest BCUT2D eigenvalue weighted by Gasteiger charge is 2.10. The van der Waals surface area contributed by atoms with Crippen molar-refractivity contribution < 1.29 is 4.79 Å². The average Bonchev–Trinajstić information content (AvgIpc) is 2.37. The minimum Gasteiger partial charge on any atom is -0.398 e. The van der Waals surface area contributed by atoms with Crippen LogP contribution in [0.4, 0.5) is 11.4 Å². The number of amides is 1. The van der Waals surface area contributed by atoms with Crippen molar-refractivity contribution in [3.05, 3.63) is 57.0 Å². The first kappa shape index (κ1) is 14.1. The van der Waals surface area contributed by atoms with Gasteiger partial charge in [0.05, 0.1) is 12.1 Å². The zero-order chi connectivity index (χ0) is 13.8. The van der Waals surface area contributed by atoms with Crippen LogP contribution >= 0.6 is 31.9 Å². The second-order valence-electron chi connectivity index (χ2n) is 4.02. The van der Waals surface area contributed by atoms with E-state index in [2.05, 4.69) is 37.2 Å². The van der Waals surface area contributed by atoms with Crippen molar-refractivity contribution in [1.82, 2.24) is 0 Å². The number of nitrogens with one attached hydrogen (secondary N) is 1. The largest absolute Gasteiger partial charge is 0.398 e. The molecule has 0 radical (unpaired) electrons. The lowest BCUT2D eigenvalue weighted by molar-refractivity contribution is -0.115. The molecule has 3 nitrogen and oxygen atoms in total. The van der Waals surface area contributed by atoms with E-state index in [1.54, 1.807) is 6.07 Å². The molecule has 0 aromatic heterocycles. The Morgan fingerprint density at radius 2 is 1.68 bits per heavy atom. The molecule has 5 heteroatoms. The molecule has 3 N–H and O–H groups in total. The fraction of sp³-hybridized carbons (Fsp3) is 0.0714. The van der Waals surface area contributed by atoms with Gasteiger partial charge in [0.2, 0.25) is 5.91 Å². The van der Waals surface area contributed by atoms with Crippen LogP contribution in [0.2, 0.25) is 0 Å². The van der Waals surface area contributed by atoms with Crippen molar-refractivity contribution in [2.24, 2.45) is 0 Å². The molecule has 0 bridgehead atoms. The van der Waals surface area contributed by atoms with Crippen LogP contribution in [0.3, 0.4) is 0 Å². The predicted molar refractivity (Wildman–Crippen MR) is 85.0 cm³/mol. The highest BCUT2D eigenvalue weighted by Crippen LogP contribution is 2.30. The molecule has 0 aliphatic carbocycles. The van der Waals surface area contributed by atoms with Crippen LogP contribution in [0.25, 0.3) is 0 Å². The molecule has 2 aromatic rings. The molecule has 98 valence electrons. The van der Waals surface area contributed by atoms with Gasteiger partial charge < -0.3 is 11.1 Å². The molecule has 0 aliphatic rings. The first-order valence-corrected chi connectivity index (χ1v) is 7.24. The Morgan fingerprint density at radius 3 is 2.32 bits per heavy atom. The number of carbonyl (C=O) groups excluding carboxylic acids is 1. The lowest BCUT2D eigenvalue weighted by atomic mass is 10.1. The number of halogens is 2. The average molecular weight is 384 g/mol. The van der Waals surface area contributed by atoms with E-state index < -0.39 is 0 Å². The molecule has 0 saturated carbocycles. The Hall–Kier alpha value is -1.33. The molecule has 0 heterocycles. The quantitative estimate of drug-likeness (QED) is 0.787. The van der Waals surface area contributed by atoms with Crippen LogP contribution in [-0.4, -0.2) is 5.91 Å². The molecule has 19 heavy (non-hydrogen) atoms. The monoisotopic (exact) mass is 382 g/mol. The zero-order valence-electron chi connectivity index (χ0n) is 9.99. The molecule has 1 amide bonds. The van der Waals surface area contributed by atoms with Crippen molar-refractivity contribution in [2.75, 3.05) is 11.1 Å². The van der Waals surface area contributed by atoms with Gasteiger partial charge in [0.25, 0.3) is 0 Å². The van der Waals surface area contributed by atoms with Gasteiger partial charge in [-0.3, -0.25) is 4.79 Å². The third kappa shape index (κ3) is 3.58. The van der Waals surface area contributed by atoms with E-state index in [-0.39, 0.29) is 12.3 Å². The van der Waals surface area contributed by atoms with Crippen molar-refractivity contribution in [2.45, 2.75) is 6.42 Å². The van der Waals surface area contributed by atoms with Gasteiger partial charge in [-0.05, 0) is 55.6 Å².